The van der Waals surface area contributed by atoms with E-state index >= 15 is 0 Å². The average molecular weight is 192 g/mol. The van der Waals surface area contributed by atoms with E-state index in [-0.39, 0.29) is 6.10 Å². The Labute approximate surface area is 84.4 Å². The number of likely N-dealkylation sites (tertiary alicyclic amines) is 1. The third-order valence-corrected chi connectivity index (χ3v) is 2.61. The zero-order valence-electron chi connectivity index (χ0n) is 8.26. The lowest BCUT2D eigenvalue weighted by atomic mass is 10.1. The molecule has 0 spiro atoms. The summed E-state index contributed by atoms with van der Waals surface area (Å²) in [6, 6.07) is 4.03. The maximum Gasteiger partial charge on any atom is 0.0667 e. The first-order valence-corrected chi connectivity index (χ1v) is 5.14. The molecule has 0 bridgehead atoms. The van der Waals surface area contributed by atoms with E-state index in [4.69, 9.17) is 0 Å². The smallest absolute Gasteiger partial charge is 0.0667 e. The fraction of sp³-hybridized carbons (Fsp3) is 0.545. The van der Waals surface area contributed by atoms with E-state index in [1.165, 1.54) is 5.56 Å². The van der Waals surface area contributed by atoms with Crippen LogP contribution in [0.3, 0.4) is 0 Å². The Morgan fingerprint density at radius 2 is 2.50 bits per heavy atom. The van der Waals surface area contributed by atoms with Crippen LogP contribution in [0, 0.1) is 0 Å². The SMILES string of the molecule is O[C@@H]1CCCN(Cc2cccnc2)C1. The largest absolute Gasteiger partial charge is 0.392 e. The molecule has 0 amide bonds. The van der Waals surface area contributed by atoms with Crippen LogP contribution in [0.5, 0.6) is 0 Å². The normalized spacial score (nSPS) is 23.6. The molecule has 1 saturated heterocycles. The van der Waals surface area contributed by atoms with Gasteiger partial charge >= 0.3 is 0 Å². The van der Waals surface area contributed by atoms with Gasteiger partial charge in [-0.1, -0.05) is 6.07 Å². The number of piperidine rings is 1. The number of β-amino-alcohol motifs (C(OH)–C–C–N with tert-alkyl or cyclic N) is 1. The van der Waals surface area contributed by atoms with Crippen molar-refractivity contribution in [1.29, 1.82) is 0 Å². The van der Waals surface area contributed by atoms with E-state index in [9.17, 15) is 5.11 Å². The zero-order chi connectivity index (χ0) is 9.80. The van der Waals surface area contributed by atoms with Crippen molar-refractivity contribution < 1.29 is 5.11 Å². The highest BCUT2D eigenvalue weighted by atomic mass is 16.3. The van der Waals surface area contributed by atoms with Gasteiger partial charge in [-0.2, -0.15) is 0 Å². The van der Waals surface area contributed by atoms with Crippen LogP contribution >= 0.6 is 0 Å². The minimum atomic E-state index is -0.138. The number of nitrogens with zero attached hydrogens (tertiary/aromatic N) is 2. The molecule has 0 aromatic carbocycles. The summed E-state index contributed by atoms with van der Waals surface area (Å²) in [6.07, 6.45) is 5.58. The predicted octanol–water partition coefficient (Wildman–Crippen LogP) is 1.04. The quantitative estimate of drug-likeness (QED) is 0.760. The molecule has 0 radical (unpaired) electrons. The zero-order valence-corrected chi connectivity index (χ0v) is 8.26. The first-order chi connectivity index (χ1) is 6.84. The topological polar surface area (TPSA) is 36.4 Å². The Hall–Kier alpha value is -0.930. The molecule has 0 unspecified atom stereocenters. The molecule has 1 atom stereocenters. The van der Waals surface area contributed by atoms with Crippen LogP contribution in [-0.4, -0.2) is 34.2 Å². The third kappa shape index (κ3) is 2.53. The fourth-order valence-corrected chi connectivity index (χ4v) is 1.92. The molecule has 3 nitrogen and oxygen atoms in total. The van der Waals surface area contributed by atoms with Gasteiger partial charge in [0.2, 0.25) is 0 Å². The monoisotopic (exact) mass is 192 g/mol. The molecule has 1 aromatic heterocycles. The lowest BCUT2D eigenvalue weighted by Gasteiger charge is -2.29. The number of aromatic nitrogens is 1. The van der Waals surface area contributed by atoms with E-state index in [1.807, 2.05) is 12.3 Å². The highest BCUT2D eigenvalue weighted by Crippen LogP contribution is 2.12. The second kappa shape index (κ2) is 4.53. The lowest BCUT2D eigenvalue weighted by molar-refractivity contribution is 0.0668. The number of hydrogen-bond donors (Lipinski definition) is 1. The minimum Gasteiger partial charge on any atom is -0.392 e. The summed E-state index contributed by atoms with van der Waals surface area (Å²) in [6.45, 7) is 2.80. The molecular weight excluding hydrogens is 176 g/mol. The van der Waals surface area contributed by atoms with Crippen molar-refractivity contribution in [2.45, 2.75) is 25.5 Å². The van der Waals surface area contributed by atoms with Crippen molar-refractivity contribution >= 4 is 0 Å². The Balaban J connectivity index is 1.91. The van der Waals surface area contributed by atoms with Crippen molar-refractivity contribution in [1.82, 2.24) is 9.88 Å². The summed E-state index contributed by atoms with van der Waals surface area (Å²) in [4.78, 5) is 6.36. The van der Waals surface area contributed by atoms with Gasteiger partial charge in [0.25, 0.3) is 0 Å². The van der Waals surface area contributed by atoms with Gasteiger partial charge in [-0.3, -0.25) is 9.88 Å². The van der Waals surface area contributed by atoms with Crippen LogP contribution in [0.1, 0.15) is 18.4 Å². The molecule has 2 rings (SSSR count). The molecule has 1 fully saturated rings. The molecule has 2 heterocycles. The summed E-state index contributed by atoms with van der Waals surface area (Å²) in [7, 11) is 0. The van der Waals surface area contributed by atoms with Crippen LogP contribution < -0.4 is 0 Å². The van der Waals surface area contributed by atoms with Crippen molar-refractivity contribution in [2.75, 3.05) is 13.1 Å². The van der Waals surface area contributed by atoms with Crippen molar-refractivity contribution in [3.05, 3.63) is 30.1 Å². The van der Waals surface area contributed by atoms with Crippen LogP contribution in [0.15, 0.2) is 24.5 Å². The minimum absolute atomic E-state index is 0.138. The fourth-order valence-electron chi connectivity index (χ4n) is 1.92. The maximum atomic E-state index is 9.50. The third-order valence-electron chi connectivity index (χ3n) is 2.61. The molecule has 76 valence electrons. The number of pyridine rings is 1. The molecule has 0 aliphatic carbocycles. The van der Waals surface area contributed by atoms with Gasteiger partial charge in [0.05, 0.1) is 6.10 Å². The van der Waals surface area contributed by atoms with Crippen molar-refractivity contribution in [2.24, 2.45) is 0 Å². The standard InChI is InChI=1S/C11H16N2O/c14-11-4-2-6-13(9-11)8-10-3-1-5-12-7-10/h1,3,5,7,11,14H,2,4,6,8-9H2/t11-/m1/s1. The van der Waals surface area contributed by atoms with Crippen LogP contribution in [0.4, 0.5) is 0 Å². The molecule has 3 heteroatoms. The molecule has 1 aliphatic heterocycles. The lowest BCUT2D eigenvalue weighted by Crippen LogP contribution is -2.37. The number of hydrogen-bond acceptors (Lipinski definition) is 3. The number of rotatable bonds is 2. The molecule has 0 saturated carbocycles. The summed E-state index contributed by atoms with van der Waals surface area (Å²) in [5.41, 5.74) is 1.22. The van der Waals surface area contributed by atoms with Crippen LogP contribution in [-0.2, 0) is 6.54 Å². The molecule has 1 aliphatic rings. The maximum absolute atomic E-state index is 9.50. The molecule has 14 heavy (non-hydrogen) atoms. The molecular formula is C11H16N2O. The van der Waals surface area contributed by atoms with Gasteiger partial charge in [0.1, 0.15) is 0 Å². The number of aliphatic hydroxyl groups excluding tert-OH is 1. The van der Waals surface area contributed by atoms with E-state index in [0.29, 0.717) is 0 Å². The van der Waals surface area contributed by atoms with E-state index in [0.717, 1.165) is 32.5 Å². The summed E-state index contributed by atoms with van der Waals surface area (Å²) >= 11 is 0. The first-order valence-electron chi connectivity index (χ1n) is 5.14. The Kier molecular flexibility index (Phi) is 3.11. The van der Waals surface area contributed by atoms with Gasteiger partial charge in [0, 0.05) is 25.5 Å². The van der Waals surface area contributed by atoms with Gasteiger partial charge < -0.3 is 5.11 Å². The summed E-state index contributed by atoms with van der Waals surface area (Å²) < 4.78 is 0. The van der Waals surface area contributed by atoms with Gasteiger partial charge in [-0.15, -0.1) is 0 Å². The van der Waals surface area contributed by atoms with E-state index in [2.05, 4.69) is 16.0 Å². The number of aliphatic hydroxyl groups is 1. The van der Waals surface area contributed by atoms with Crippen LogP contribution in [0.2, 0.25) is 0 Å². The Bertz CT molecular complexity index is 276. The average Bonchev–Trinajstić information content (AvgIpc) is 2.19. The predicted molar refractivity (Wildman–Crippen MR) is 54.8 cm³/mol. The summed E-state index contributed by atoms with van der Waals surface area (Å²) in [5, 5.41) is 9.50. The Morgan fingerprint density at radius 3 is 3.21 bits per heavy atom. The van der Waals surface area contributed by atoms with Gasteiger partial charge in [-0.25, -0.2) is 0 Å². The van der Waals surface area contributed by atoms with Crippen molar-refractivity contribution in [3.8, 4) is 0 Å². The van der Waals surface area contributed by atoms with Gasteiger partial charge in [-0.05, 0) is 31.0 Å². The second-order valence-electron chi connectivity index (χ2n) is 3.89. The molecule has 1 N–H and O–H groups in total. The highest BCUT2D eigenvalue weighted by Gasteiger charge is 2.17. The summed E-state index contributed by atoms with van der Waals surface area (Å²) in [5.74, 6) is 0. The Morgan fingerprint density at radius 1 is 1.57 bits per heavy atom. The highest BCUT2D eigenvalue weighted by molar-refractivity contribution is 5.08. The van der Waals surface area contributed by atoms with E-state index in [1.54, 1.807) is 6.20 Å². The first kappa shape index (κ1) is 9.62. The van der Waals surface area contributed by atoms with Crippen LogP contribution in [0.25, 0.3) is 0 Å². The van der Waals surface area contributed by atoms with Crippen molar-refractivity contribution in [3.63, 3.8) is 0 Å². The second-order valence-corrected chi connectivity index (χ2v) is 3.89. The van der Waals surface area contributed by atoms with Gasteiger partial charge in [0.15, 0.2) is 0 Å². The molecule has 1 aromatic rings. The van der Waals surface area contributed by atoms with E-state index < -0.39 is 0 Å².